The number of ether oxygens (including phenoxy) is 1. The Kier molecular flexibility index (Phi) is 2.47. The molecule has 1 heterocycles. The molecule has 0 saturated carbocycles. The van der Waals surface area contributed by atoms with E-state index in [2.05, 4.69) is 11.1 Å². The van der Waals surface area contributed by atoms with Crippen molar-refractivity contribution in [2.75, 3.05) is 0 Å². The zero-order chi connectivity index (χ0) is 11.5. The van der Waals surface area contributed by atoms with Crippen molar-refractivity contribution in [3.05, 3.63) is 67.0 Å². The standard InChI is InChI=1S/C15H11NO/c1-2-6-13(7-3-1)17-15-8-4-5-12-9-10-16-11-14(12)15/h1-11H. The van der Waals surface area contributed by atoms with Crippen molar-refractivity contribution in [1.82, 2.24) is 4.98 Å². The van der Waals surface area contributed by atoms with E-state index in [0.717, 1.165) is 22.3 Å². The smallest absolute Gasteiger partial charge is 0.136 e. The summed E-state index contributed by atoms with van der Waals surface area (Å²) >= 11 is 0. The van der Waals surface area contributed by atoms with Crippen LogP contribution in [0.4, 0.5) is 0 Å². The summed E-state index contributed by atoms with van der Waals surface area (Å²) in [6.07, 6.45) is 3.61. The topological polar surface area (TPSA) is 22.1 Å². The van der Waals surface area contributed by atoms with E-state index in [1.54, 1.807) is 6.20 Å². The summed E-state index contributed by atoms with van der Waals surface area (Å²) in [5.41, 5.74) is 0. The summed E-state index contributed by atoms with van der Waals surface area (Å²) in [5.74, 6) is 1.67. The molecule has 0 amide bonds. The first-order chi connectivity index (χ1) is 8.43. The van der Waals surface area contributed by atoms with Crippen LogP contribution in [0.15, 0.2) is 67.0 Å². The van der Waals surface area contributed by atoms with Crippen LogP contribution < -0.4 is 4.74 Å². The van der Waals surface area contributed by atoms with Crippen LogP contribution in [0.1, 0.15) is 0 Å². The summed E-state index contributed by atoms with van der Waals surface area (Å²) in [7, 11) is 0. The van der Waals surface area contributed by atoms with E-state index in [-0.39, 0.29) is 0 Å². The Morgan fingerprint density at radius 1 is 0.824 bits per heavy atom. The first kappa shape index (κ1) is 9.85. The van der Waals surface area contributed by atoms with Crippen molar-refractivity contribution in [2.24, 2.45) is 0 Å². The van der Waals surface area contributed by atoms with E-state index in [1.807, 2.05) is 54.7 Å². The Balaban J connectivity index is 2.06. The molecule has 17 heavy (non-hydrogen) atoms. The van der Waals surface area contributed by atoms with Gasteiger partial charge in [0.05, 0.1) is 0 Å². The molecule has 2 nitrogen and oxygen atoms in total. The first-order valence-corrected chi connectivity index (χ1v) is 5.49. The molecule has 0 radical (unpaired) electrons. The third-order valence-electron chi connectivity index (χ3n) is 2.61. The molecule has 0 N–H and O–H groups in total. The summed E-state index contributed by atoms with van der Waals surface area (Å²) in [6, 6.07) is 17.7. The van der Waals surface area contributed by atoms with Crippen molar-refractivity contribution in [2.45, 2.75) is 0 Å². The monoisotopic (exact) mass is 221 g/mol. The highest BCUT2D eigenvalue weighted by molar-refractivity contribution is 5.87. The van der Waals surface area contributed by atoms with Crippen LogP contribution in [0.5, 0.6) is 11.5 Å². The Morgan fingerprint density at radius 2 is 1.71 bits per heavy atom. The van der Waals surface area contributed by atoms with Gasteiger partial charge in [0.25, 0.3) is 0 Å². The number of rotatable bonds is 2. The third-order valence-corrected chi connectivity index (χ3v) is 2.61. The number of hydrogen-bond acceptors (Lipinski definition) is 2. The van der Waals surface area contributed by atoms with Gasteiger partial charge in [0, 0.05) is 17.8 Å². The maximum absolute atomic E-state index is 5.85. The summed E-state index contributed by atoms with van der Waals surface area (Å²) < 4.78 is 5.85. The van der Waals surface area contributed by atoms with Crippen molar-refractivity contribution >= 4 is 10.8 Å². The molecule has 0 spiro atoms. The number of nitrogens with zero attached hydrogens (tertiary/aromatic N) is 1. The number of aromatic nitrogens is 1. The second-order valence-electron chi connectivity index (χ2n) is 3.77. The van der Waals surface area contributed by atoms with Gasteiger partial charge in [0.15, 0.2) is 0 Å². The lowest BCUT2D eigenvalue weighted by atomic mass is 10.1. The normalized spacial score (nSPS) is 10.4. The van der Waals surface area contributed by atoms with Gasteiger partial charge in [0.1, 0.15) is 11.5 Å². The Labute approximate surface area is 99.5 Å². The van der Waals surface area contributed by atoms with Crippen molar-refractivity contribution in [3.63, 3.8) is 0 Å². The van der Waals surface area contributed by atoms with Gasteiger partial charge in [-0.3, -0.25) is 4.98 Å². The lowest BCUT2D eigenvalue weighted by molar-refractivity contribution is 0.488. The molecule has 0 aliphatic carbocycles. The molecule has 2 aromatic carbocycles. The van der Waals surface area contributed by atoms with Gasteiger partial charge in [-0.2, -0.15) is 0 Å². The molecule has 82 valence electrons. The Bertz CT molecular complexity index is 629. The molecule has 3 rings (SSSR count). The molecule has 0 unspecified atom stereocenters. The van der Waals surface area contributed by atoms with Crippen molar-refractivity contribution < 1.29 is 4.74 Å². The fourth-order valence-electron chi connectivity index (χ4n) is 1.79. The highest BCUT2D eigenvalue weighted by Gasteiger charge is 2.02. The van der Waals surface area contributed by atoms with Crippen LogP contribution in [0.25, 0.3) is 10.8 Å². The molecule has 2 heteroatoms. The lowest BCUT2D eigenvalue weighted by Crippen LogP contribution is -1.85. The van der Waals surface area contributed by atoms with E-state index < -0.39 is 0 Å². The average Bonchev–Trinajstić information content (AvgIpc) is 2.40. The molecule has 3 aromatic rings. The predicted molar refractivity (Wildman–Crippen MR) is 68.3 cm³/mol. The summed E-state index contributed by atoms with van der Waals surface area (Å²) in [6.45, 7) is 0. The minimum absolute atomic E-state index is 0.835. The minimum atomic E-state index is 0.835. The van der Waals surface area contributed by atoms with E-state index in [1.165, 1.54) is 0 Å². The molecule has 0 saturated heterocycles. The zero-order valence-electron chi connectivity index (χ0n) is 9.21. The lowest BCUT2D eigenvalue weighted by Gasteiger charge is -2.08. The fraction of sp³-hybridized carbons (Fsp3) is 0. The highest BCUT2D eigenvalue weighted by atomic mass is 16.5. The van der Waals surface area contributed by atoms with Crippen molar-refractivity contribution in [1.29, 1.82) is 0 Å². The Hall–Kier alpha value is -2.35. The summed E-state index contributed by atoms with van der Waals surface area (Å²) in [4.78, 5) is 4.14. The van der Waals surface area contributed by atoms with E-state index in [0.29, 0.717) is 0 Å². The molecule has 0 aliphatic heterocycles. The van der Waals surface area contributed by atoms with Crippen LogP contribution in [0, 0.1) is 0 Å². The molecule has 0 fully saturated rings. The number of fused-ring (bicyclic) bond motifs is 1. The van der Waals surface area contributed by atoms with Gasteiger partial charge in [-0.05, 0) is 29.7 Å². The van der Waals surface area contributed by atoms with Crippen LogP contribution >= 0.6 is 0 Å². The highest BCUT2D eigenvalue weighted by Crippen LogP contribution is 2.28. The van der Waals surface area contributed by atoms with Gasteiger partial charge < -0.3 is 4.74 Å². The minimum Gasteiger partial charge on any atom is -0.457 e. The van der Waals surface area contributed by atoms with E-state index >= 15 is 0 Å². The maximum Gasteiger partial charge on any atom is 0.136 e. The number of para-hydroxylation sites is 1. The average molecular weight is 221 g/mol. The fourth-order valence-corrected chi connectivity index (χ4v) is 1.79. The van der Waals surface area contributed by atoms with Crippen molar-refractivity contribution in [3.8, 4) is 11.5 Å². The molecule has 0 atom stereocenters. The molecule has 0 aliphatic rings. The number of pyridine rings is 1. The second kappa shape index (κ2) is 4.26. The third kappa shape index (κ3) is 1.97. The molecule has 1 aromatic heterocycles. The summed E-state index contributed by atoms with van der Waals surface area (Å²) in [5, 5.41) is 2.16. The van der Waals surface area contributed by atoms with Crippen LogP contribution in [-0.4, -0.2) is 4.98 Å². The van der Waals surface area contributed by atoms with Gasteiger partial charge in [-0.1, -0.05) is 30.3 Å². The van der Waals surface area contributed by atoms with Gasteiger partial charge in [-0.15, -0.1) is 0 Å². The van der Waals surface area contributed by atoms with E-state index in [9.17, 15) is 0 Å². The molecule has 0 bridgehead atoms. The maximum atomic E-state index is 5.85. The zero-order valence-corrected chi connectivity index (χ0v) is 9.21. The SMILES string of the molecule is c1ccc(Oc2cccc3ccncc23)cc1. The quantitative estimate of drug-likeness (QED) is 0.651. The molecular weight excluding hydrogens is 210 g/mol. The first-order valence-electron chi connectivity index (χ1n) is 5.49. The number of benzene rings is 2. The van der Waals surface area contributed by atoms with Gasteiger partial charge in [0.2, 0.25) is 0 Å². The van der Waals surface area contributed by atoms with Gasteiger partial charge >= 0.3 is 0 Å². The second-order valence-corrected chi connectivity index (χ2v) is 3.77. The number of hydrogen-bond donors (Lipinski definition) is 0. The van der Waals surface area contributed by atoms with Crippen LogP contribution in [0.3, 0.4) is 0 Å². The van der Waals surface area contributed by atoms with E-state index in [4.69, 9.17) is 4.74 Å². The molecular formula is C15H11NO. The predicted octanol–water partition coefficient (Wildman–Crippen LogP) is 4.03. The van der Waals surface area contributed by atoms with Crippen LogP contribution in [-0.2, 0) is 0 Å². The Morgan fingerprint density at radius 3 is 2.59 bits per heavy atom. The van der Waals surface area contributed by atoms with Gasteiger partial charge in [-0.25, -0.2) is 0 Å². The van der Waals surface area contributed by atoms with Crippen LogP contribution in [0.2, 0.25) is 0 Å². The largest absolute Gasteiger partial charge is 0.457 e.